The standard InChI is InChI=1S/C11H12BrNO2/c12-8-3-1-7(2-4-8)11(10(14)15)5-9(13)6-11/h1-4,9H,5-6,13H2,(H,14,15). The molecule has 0 saturated heterocycles. The van der Waals surface area contributed by atoms with Gasteiger partial charge < -0.3 is 10.8 Å². The van der Waals surface area contributed by atoms with E-state index in [4.69, 9.17) is 5.73 Å². The molecular formula is C11H12BrNO2. The van der Waals surface area contributed by atoms with E-state index in [1.807, 2.05) is 24.3 Å². The summed E-state index contributed by atoms with van der Waals surface area (Å²) in [6, 6.07) is 7.45. The van der Waals surface area contributed by atoms with Crippen LogP contribution < -0.4 is 5.73 Å². The zero-order valence-corrected chi connectivity index (χ0v) is 9.70. The summed E-state index contributed by atoms with van der Waals surface area (Å²) in [4.78, 5) is 11.3. The van der Waals surface area contributed by atoms with Gasteiger partial charge in [0.25, 0.3) is 0 Å². The number of carboxylic acids is 1. The largest absolute Gasteiger partial charge is 0.481 e. The van der Waals surface area contributed by atoms with Gasteiger partial charge >= 0.3 is 5.97 Å². The van der Waals surface area contributed by atoms with Crippen LogP contribution in [0.5, 0.6) is 0 Å². The molecule has 1 aromatic rings. The van der Waals surface area contributed by atoms with Gasteiger partial charge in [-0.05, 0) is 30.5 Å². The van der Waals surface area contributed by atoms with Gasteiger partial charge in [-0.2, -0.15) is 0 Å². The molecule has 0 heterocycles. The summed E-state index contributed by atoms with van der Waals surface area (Å²) >= 11 is 3.33. The van der Waals surface area contributed by atoms with E-state index in [1.54, 1.807) is 0 Å². The number of aliphatic carboxylic acids is 1. The lowest BCUT2D eigenvalue weighted by molar-refractivity contribution is -0.148. The van der Waals surface area contributed by atoms with Gasteiger partial charge in [0.2, 0.25) is 0 Å². The van der Waals surface area contributed by atoms with Crippen molar-refractivity contribution in [3.8, 4) is 0 Å². The SMILES string of the molecule is NC1CC(C(=O)O)(c2ccc(Br)cc2)C1. The van der Waals surface area contributed by atoms with Crippen molar-refractivity contribution < 1.29 is 9.90 Å². The van der Waals surface area contributed by atoms with E-state index >= 15 is 0 Å². The topological polar surface area (TPSA) is 63.3 Å². The normalized spacial score (nSPS) is 29.6. The van der Waals surface area contributed by atoms with Gasteiger partial charge in [0.05, 0.1) is 5.41 Å². The molecule has 0 bridgehead atoms. The fourth-order valence-corrected chi connectivity index (χ4v) is 2.40. The number of hydrogen-bond donors (Lipinski definition) is 2. The highest BCUT2D eigenvalue weighted by Gasteiger charge is 2.50. The Hall–Kier alpha value is -0.870. The van der Waals surface area contributed by atoms with Crippen molar-refractivity contribution in [3.05, 3.63) is 34.3 Å². The van der Waals surface area contributed by atoms with Gasteiger partial charge in [0.1, 0.15) is 0 Å². The van der Waals surface area contributed by atoms with E-state index in [-0.39, 0.29) is 6.04 Å². The lowest BCUT2D eigenvalue weighted by Gasteiger charge is -2.43. The highest BCUT2D eigenvalue weighted by molar-refractivity contribution is 9.10. The third kappa shape index (κ3) is 1.68. The molecule has 0 aromatic heterocycles. The molecule has 1 aromatic carbocycles. The summed E-state index contributed by atoms with van der Waals surface area (Å²) in [5.41, 5.74) is 5.78. The van der Waals surface area contributed by atoms with Gasteiger partial charge in [0.15, 0.2) is 0 Å². The van der Waals surface area contributed by atoms with Crippen LogP contribution in [-0.2, 0) is 10.2 Å². The summed E-state index contributed by atoms with van der Waals surface area (Å²) < 4.78 is 0.954. The first kappa shape index (κ1) is 10.6. The van der Waals surface area contributed by atoms with Gasteiger partial charge in [-0.15, -0.1) is 0 Å². The smallest absolute Gasteiger partial charge is 0.314 e. The van der Waals surface area contributed by atoms with Crippen LogP contribution >= 0.6 is 15.9 Å². The van der Waals surface area contributed by atoms with Crippen LogP contribution in [0.1, 0.15) is 18.4 Å². The molecule has 3 N–H and O–H groups in total. The molecule has 1 aliphatic rings. The van der Waals surface area contributed by atoms with Gasteiger partial charge in [-0.1, -0.05) is 28.1 Å². The molecular weight excluding hydrogens is 258 g/mol. The summed E-state index contributed by atoms with van der Waals surface area (Å²) in [5.74, 6) is -0.772. The van der Waals surface area contributed by atoms with Crippen molar-refractivity contribution in [2.24, 2.45) is 5.73 Å². The van der Waals surface area contributed by atoms with E-state index in [0.29, 0.717) is 12.8 Å². The maximum atomic E-state index is 11.3. The maximum Gasteiger partial charge on any atom is 0.314 e. The van der Waals surface area contributed by atoms with Crippen molar-refractivity contribution >= 4 is 21.9 Å². The second-order valence-corrected chi connectivity index (χ2v) is 4.98. The van der Waals surface area contributed by atoms with Crippen LogP contribution in [0.2, 0.25) is 0 Å². The first-order chi connectivity index (χ1) is 7.04. The van der Waals surface area contributed by atoms with E-state index in [0.717, 1.165) is 10.0 Å². The van der Waals surface area contributed by atoms with Crippen LogP contribution in [0.15, 0.2) is 28.7 Å². The quantitative estimate of drug-likeness (QED) is 0.862. The van der Waals surface area contributed by atoms with Gasteiger partial charge in [0, 0.05) is 10.5 Å². The Labute approximate surface area is 96.4 Å². The molecule has 80 valence electrons. The Balaban J connectivity index is 2.34. The van der Waals surface area contributed by atoms with E-state index in [9.17, 15) is 9.90 Å². The Bertz CT molecular complexity index is 382. The van der Waals surface area contributed by atoms with Crippen LogP contribution in [0.4, 0.5) is 0 Å². The lowest BCUT2D eigenvalue weighted by Crippen LogP contribution is -2.54. The second-order valence-electron chi connectivity index (χ2n) is 4.06. The van der Waals surface area contributed by atoms with E-state index in [1.165, 1.54) is 0 Å². The molecule has 2 rings (SSSR count). The van der Waals surface area contributed by atoms with Crippen molar-refractivity contribution in [2.75, 3.05) is 0 Å². The summed E-state index contributed by atoms with van der Waals surface area (Å²) in [6.07, 6.45) is 1.06. The number of nitrogens with two attached hydrogens (primary N) is 1. The fourth-order valence-electron chi connectivity index (χ4n) is 2.14. The Morgan fingerprint density at radius 3 is 2.33 bits per heavy atom. The molecule has 4 heteroatoms. The van der Waals surface area contributed by atoms with Gasteiger partial charge in [-0.3, -0.25) is 4.79 Å². The van der Waals surface area contributed by atoms with Crippen molar-refractivity contribution in [3.63, 3.8) is 0 Å². The predicted molar refractivity (Wildman–Crippen MR) is 60.7 cm³/mol. The fraction of sp³-hybridized carbons (Fsp3) is 0.364. The molecule has 0 spiro atoms. The minimum atomic E-state index is -0.772. The molecule has 1 fully saturated rings. The molecule has 1 aliphatic carbocycles. The van der Waals surface area contributed by atoms with E-state index in [2.05, 4.69) is 15.9 Å². The van der Waals surface area contributed by atoms with Crippen LogP contribution in [-0.4, -0.2) is 17.1 Å². The number of rotatable bonds is 2. The average Bonchev–Trinajstić information content (AvgIpc) is 2.13. The molecule has 3 nitrogen and oxygen atoms in total. The van der Waals surface area contributed by atoms with Crippen molar-refractivity contribution in [1.82, 2.24) is 0 Å². The molecule has 1 saturated carbocycles. The average molecular weight is 270 g/mol. The zero-order chi connectivity index (χ0) is 11.1. The Morgan fingerprint density at radius 1 is 1.40 bits per heavy atom. The highest BCUT2D eigenvalue weighted by atomic mass is 79.9. The molecule has 0 radical (unpaired) electrons. The molecule has 0 unspecified atom stereocenters. The molecule has 15 heavy (non-hydrogen) atoms. The number of halogens is 1. The van der Waals surface area contributed by atoms with Crippen molar-refractivity contribution in [2.45, 2.75) is 24.3 Å². The molecule has 0 amide bonds. The Morgan fingerprint density at radius 2 is 1.93 bits per heavy atom. The number of hydrogen-bond acceptors (Lipinski definition) is 2. The number of benzene rings is 1. The molecule has 0 aliphatic heterocycles. The maximum absolute atomic E-state index is 11.3. The molecule has 0 atom stereocenters. The summed E-state index contributed by atoms with van der Waals surface area (Å²) in [7, 11) is 0. The Kier molecular flexibility index (Phi) is 2.56. The lowest BCUT2D eigenvalue weighted by atomic mass is 9.62. The monoisotopic (exact) mass is 269 g/mol. The summed E-state index contributed by atoms with van der Waals surface area (Å²) in [5, 5.41) is 9.26. The first-order valence-corrected chi connectivity index (χ1v) is 5.59. The number of carboxylic acid groups (broad SMARTS) is 1. The second kappa shape index (κ2) is 3.61. The van der Waals surface area contributed by atoms with E-state index < -0.39 is 11.4 Å². The first-order valence-electron chi connectivity index (χ1n) is 4.80. The van der Waals surface area contributed by atoms with Gasteiger partial charge in [-0.25, -0.2) is 0 Å². The third-order valence-electron chi connectivity index (χ3n) is 3.03. The third-order valence-corrected chi connectivity index (χ3v) is 3.56. The van der Waals surface area contributed by atoms with Crippen LogP contribution in [0.3, 0.4) is 0 Å². The highest BCUT2D eigenvalue weighted by Crippen LogP contribution is 2.43. The summed E-state index contributed by atoms with van der Waals surface area (Å²) in [6.45, 7) is 0. The minimum absolute atomic E-state index is 0.0183. The predicted octanol–water partition coefficient (Wildman–Crippen LogP) is 1.89. The van der Waals surface area contributed by atoms with Crippen LogP contribution in [0.25, 0.3) is 0 Å². The zero-order valence-electron chi connectivity index (χ0n) is 8.11. The minimum Gasteiger partial charge on any atom is -0.481 e. The van der Waals surface area contributed by atoms with Crippen LogP contribution in [0, 0.1) is 0 Å². The number of carbonyl (C=O) groups is 1. The van der Waals surface area contributed by atoms with Crippen molar-refractivity contribution in [1.29, 1.82) is 0 Å².